The van der Waals surface area contributed by atoms with Gasteiger partial charge < -0.3 is 9.15 Å². The number of ether oxygens (including phenoxy) is 1. The molecule has 7 nitrogen and oxygen atoms in total. The molecule has 0 radical (unpaired) electrons. The molecule has 2 heterocycles. The van der Waals surface area contributed by atoms with E-state index in [0.717, 1.165) is 0 Å². The SMILES string of the molecule is CC1=C(C#N)C(=O)NC(=O)/C1=C\c1ccc(-c2cccc(C(=O)OCc3ccccc3Cl)c2)o1. The third kappa shape index (κ3) is 4.68. The number of halogens is 1. The Morgan fingerprint density at radius 1 is 1.12 bits per heavy atom. The van der Waals surface area contributed by atoms with Crippen LogP contribution in [0.5, 0.6) is 0 Å². The minimum Gasteiger partial charge on any atom is -0.457 e. The van der Waals surface area contributed by atoms with Gasteiger partial charge in [0, 0.05) is 21.7 Å². The zero-order valence-corrected chi connectivity index (χ0v) is 18.7. The van der Waals surface area contributed by atoms with Gasteiger partial charge in [0.25, 0.3) is 11.8 Å². The molecule has 0 bridgehead atoms. The summed E-state index contributed by atoms with van der Waals surface area (Å²) in [7, 11) is 0. The van der Waals surface area contributed by atoms with E-state index < -0.39 is 17.8 Å². The number of esters is 1. The molecule has 0 aliphatic carbocycles. The van der Waals surface area contributed by atoms with Gasteiger partial charge in [-0.25, -0.2) is 4.79 Å². The van der Waals surface area contributed by atoms with E-state index in [2.05, 4.69) is 5.32 Å². The van der Waals surface area contributed by atoms with Gasteiger partial charge in [0.05, 0.1) is 5.56 Å². The number of carbonyl (C=O) groups excluding carboxylic acids is 3. The number of amides is 2. The first-order valence-corrected chi connectivity index (χ1v) is 10.5. The van der Waals surface area contributed by atoms with Crippen molar-refractivity contribution < 1.29 is 23.5 Å². The second-order valence-electron chi connectivity index (χ2n) is 7.40. The Kier molecular flexibility index (Phi) is 6.44. The van der Waals surface area contributed by atoms with E-state index in [1.807, 2.05) is 6.07 Å². The smallest absolute Gasteiger partial charge is 0.338 e. The molecule has 1 N–H and O–H groups in total. The van der Waals surface area contributed by atoms with Crippen molar-refractivity contribution in [2.75, 3.05) is 0 Å². The third-order valence-electron chi connectivity index (χ3n) is 5.20. The second kappa shape index (κ2) is 9.61. The topological polar surface area (TPSA) is 109 Å². The monoisotopic (exact) mass is 472 g/mol. The molecule has 1 aliphatic rings. The number of carbonyl (C=O) groups is 3. The summed E-state index contributed by atoms with van der Waals surface area (Å²) in [5.74, 6) is -1.04. The quantitative estimate of drug-likeness (QED) is 0.323. The number of nitrogens with zero attached hydrogens (tertiary/aromatic N) is 1. The molecule has 2 aromatic carbocycles. The number of benzene rings is 2. The van der Waals surface area contributed by atoms with Crippen LogP contribution < -0.4 is 5.32 Å². The Bertz CT molecular complexity index is 1420. The van der Waals surface area contributed by atoms with Crippen molar-refractivity contribution in [1.29, 1.82) is 5.26 Å². The molecule has 0 unspecified atom stereocenters. The predicted octanol–water partition coefficient (Wildman–Crippen LogP) is 4.84. The summed E-state index contributed by atoms with van der Waals surface area (Å²) < 4.78 is 11.2. The van der Waals surface area contributed by atoms with Gasteiger partial charge in [-0.3, -0.25) is 14.9 Å². The van der Waals surface area contributed by atoms with Gasteiger partial charge in [0.2, 0.25) is 0 Å². The number of nitrogens with one attached hydrogen (secondary N) is 1. The number of hydrogen-bond acceptors (Lipinski definition) is 6. The highest BCUT2D eigenvalue weighted by atomic mass is 35.5. The summed E-state index contributed by atoms with van der Waals surface area (Å²) in [4.78, 5) is 36.5. The largest absolute Gasteiger partial charge is 0.457 e. The third-order valence-corrected chi connectivity index (χ3v) is 5.57. The highest BCUT2D eigenvalue weighted by molar-refractivity contribution is 6.31. The number of rotatable bonds is 5. The van der Waals surface area contributed by atoms with E-state index in [-0.39, 0.29) is 23.3 Å². The number of furan rings is 1. The molecule has 1 aliphatic heterocycles. The number of imide groups is 1. The fraction of sp³-hybridized carbons (Fsp3) is 0.0769. The first kappa shape index (κ1) is 22.8. The van der Waals surface area contributed by atoms with E-state index in [1.165, 1.54) is 13.0 Å². The van der Waals surface area contributed by atoms with E-state index in [4.69, 9.17) is 26.0 Å². The summed E-state index contributed by atoms with van der Waals surface area (Å²) in [5, 5.41) is 11.8. The lowest BCUT2D eigenvalue weighted by atomic mass is 9.96. The summed E-state index contributed by atoms with van der Waals surface area (Å²) in [6, 6.07) is 19.0. The van der Waals surface area contributed by atoms with Gasteiger partial charge in [0.1, 0.15) is 29.8 Å². The van der Waals surface area contributed by atoms with Gasteiger partial charge in [-0.15, -0.1) is 0 Å². The zero-order chi connectivity index (χ0) is 24.2. The molecular formula is C26H17ClN2O5. The van der Waals surface area contributed by atoms with E-state index in [1.54, 1.807) is 60.7 Å². The molecule has 2 amide bonds. The fourth-order valence-corrected chi connectivity index (χ4v) is 3.58. The van der Waals surface area contributed by atoms with Crippen molar-refractivity contribution in [1.82, 2.24) is 5.32 Å². The average molecular weight is 473 g/mol. The Morgan fingerprint density at radius 3 is 2.68 bits per heavy atom. The predicted molar refractivity (Wildman–Crippen MR) is 124 cm³/mol. The van der Waals surface area contributed by atoms with Crippen LogP contribution in [0.3, 0.4) is 0 Å². The maximum atomic E-state index is 12.5. The van der Waals surface area contributed by atoms with Gasteiger partial charge in [-0.05, 0) is 48.9 Å². The Hall–Kier alpha value is -4.41. The summed E-state index contributed by atoms with van der Waals surface area (Å²) in [5.41, 5.74) is 1.98. The number of hydrogen-bond donors (Lipinski definition) is 1. The van der Waals surface area contributed by atoms with Gasteiger partial charge in [-0.2, -0.15) is 5.26 Å². The summed E-state index contributed by atoms with van der Waals surface area (Å²) >= 11 is 6.10. The molecule has 0 saturated heterocycles. The summed E-state index contributed by atoms with van der Waals surface area (Å²) in [6.45, 7) is 1.58. The zero-order valence-electron chi connectivity index (χ0n) is 17.9. The molecule has 0 fully saturated rings. The molecule has 1 aromatic heterocycles. The van der Waals surface area contributed by atoms with E-state index in [0.29, 0.717) is 33.2 Å². The maximum absolute atomic E-state index is 12.5. The molecule has 0 spiro atoms. The van der Waals surface area contributed by atoms with Crippen LogP contribution in [0.25, 0.3) is 17.4 Å². The molecule has 8 heteroatoms. The first-order chi connectivity index (χ1) is 16.4. The van der Waals surface area contributed by atoms with Crippen LogP contribution in [-0.2, 0) is 20.9 Å². The lowest BCUT2D eigenvalue weighted by molar-refractivity contribution is -0.126. The Labute approximate surface area is 199 Å². The van der Waals surface area contributed by atoms with Crippen molar-refractivity contribution in [3.05, 3.63) is 99.3 Å². The Balaban J connectivity index is 1.54. The lowest BCUT2D eigenvalue weighted by Gasteiger charge is -2.15. The standard InChI is InChI=1S/C26H17ClN2O5/c1-15-20(24(30)29-25(31)21(15)13-28)12-19-9-10-23(34-19)16-6-4-7-17(11-16)26(32)33-14-18-5-2-3-8-22(18)27/h2-12H,14H2,1H3,(H,29,30,31)/b20-12-. The maximum Gasteiger partial charge on any atom is 0.338 e. The van der Waals surface area contributed by atoms with Crippen molar-refractivity contribution in [3.63, 3.8) is 0 Å². The fourth-order valence-electron chi connectivity index (χ4n) is 3.39. The normalized spacial score (nSPS) is 14.7. The molecule has 34 heavy (non-hydrogen) atoms. The van der Waals surface area contributed by atoms with Crippen LogP contribution in [-0.4, -0.2) is 17.8 Å². The molecule has 0 atom stereocenters. The van der Waals surface area contributed by atoms with Crippen LogP contribution in [0.15, 0.2) is 81.8 Å². The minimum absolute atomic E-state index is 0.0450. The highest BCUT2D eigenvalue weighted by Gasteiger charge is 2.27. The molecular weight excluding hydrogens is 456 g/mol. The lowest BCUT2D eigenvalue weighted by Crippen LogP contribution is -2.37. The molecule has 4 rings (SSSR count). The average Bonchev–Trinajstić information content (AvgIpc) is 3.30. The van der Waals surface area contributed by atoms with Gasteiger partial charge in [-0.1, -0.05) is 41.9 Å². The molecule has 168 valence electrons. The summed E-state index contributed by atoms with van der Waals surface area (Å²) in [6.07, 6.45) is 1.46. The van der Waals surface area contributed by atoms with Crippen molar-refractivity contribution in [2.45, 2.75) is 13.5 Å². The highest BCUT2D eigenvalue weighted by Crippen LogP contribution is 2.27. The van der Waals surface area contributed by atoms with Gasteiger partial charge in [0.15, 0.2) is 0 Å². The molecule has 3 aromatic rings. The van der Waals surface area contributed by atoms with Crippen molar-refractivity contribution in [3.8, 4) is 17.4 Å². The number of nitriles is 1. The minimum atomic E-state index is -0.722. The van der Waals surface area contributed by atoms with Crippen LogP contribution in [0.2, 0.25) is 5.02 Å². The van der Waals surface area contributed by atoms with E-state index >= 15 is 0 Å². The first-order valence-electron chi connectivity index (χ1n) is 10.2. The van der Waals surface area contributed by atoms with Crippen molar-refractivity contribution >= 4 is 35.5 Å². The van der Waals surface area contributed by atoms with Crippen LogP contribution in [0.1, 0.15) is 28.6 Å². The van der Waals surface area contributed by atoms with Crippen LogP contribution in [0.4, 0.5) is 0 Å². The Morgan fingerprint density at radius 2 is 1.91 bits per heavy atom. The molecule has 0 saturated carbocycles. The van der Waals surface area contributed by atoms with Crippen LogP contribution in [0, 0.1) is 11.3 Å². The van der Waals surface area contributed by atoms with Crippen LogP contribution >= 0.6 is 11.6 Å². The van der Waals surface area contributed by atoms with Gasteiger partial charge >= 0.3 is 5.97 Å². The van der Waals surface area contributed by atoms with Crippen molar-refractivity contribution in [2.24, 2.45) is 0 Å². The second-order valence-corrected chi connectivity index (χ2v) is 7.81. The van der Waals surface area contributed by atoms with E-state index in [9.17, 15) is 14.4 Å².